The maximum absolute atomic E-state index is 13.2. The summed E-state index contributed by atoms with van der Waals surface area (Å²) < 4.78 is 13.2. The minimum Gasteiger partial charge on any atom is -0.363 e. The van der Waals surface area contributed by atoms with Gasteiger partial charge in [0.05, 0.1) is 12.1 Å². The van der Waals surface area contributed by atoms with E-state index in [2.05, 4.69) is 10.3 Å². The third-order valence-corrected chi connectivity index (χ3v) is 5.10. The number of carbonyl (C=O) groups excluding carboxylic acids is 1. The van der Waals surface area contributed by atoms with E-state index in [9.17, 15) is 9.18 Å². The first kappa shape index (κ1) is 15.2. The topological polar surface area (TPSA) is 48.1 Å². The van der Waals surface area contributed by atoms with E-state index in [0.717, 1.165) is 43.5 Å². The van der Waals surface area contributed by atoms with Crippen LogP contribution < -0.4 is 5.32 Å². The highest BCUT2D eigenvalue weighted by molar-refractivity contribution is 5.75. The van der Waals surface area contributed by atoms with Crippen LogP contribution in [0.25, 0.3) is 0 Å². The molecule has 0 radical (unpaired) electrons. The fourth-order valence-corrected chi connectivity index (χ4v) is 3.67. The fourth-order valence-electron chi connectivity index (χ4n) is 3.67. The number of hydrogen-bond donors (Lipinski definition) is 2. The number of rotatable bonds is 4. The highest BCUT2D eigenvalue weighted by atomic mass is 19.1. The first-order valence-corrected chi connectivity index (χ1v) is 8.68. The molecule has 4 rings (SSSR count). The molecule has 1 aromatic heterocycles. The van der Waals surface area contributed by atoms with Crippen LogP contribution in [0.4, 0.5) is 9.18 Å². The molecular weight excluding hydrogens is 305 g/mol. The van der Waals surface area contributed by atoms with E-state index in [1.165, 1.54) is 12.1 Å². The second-order valence-corrected chi connectivity index (χ2v) is 6.79. The lowest BCUT2D eigenvalue weighted by Gasteiger charge is -2.28. The van der Waals surface area contributed by atoms with Crippen LogP contribution in [0, 0.1) is 11.7 Å². The Morgan fingerprint density at radius 1 is 1.21 bits per heavy atom. The van der Waals surface area contributed by atoms with Gasteiger partial charge in [0.25, 0.3) is 0 Å². The van der Waals surface area contributed by atoms with Gasteiger partial charge < -0.3 is 15.2 Å². The Labute approximate surface area is 141 Å². The summed E-state index contributed by atoms with van der Waals surface area (Å²) >= 11 is 0. The van der Waals surface area contributed by atoms with Gasteiger partial charge in [0.1, 0.15) is 5.82 Å². The lowest BCUT2D eigenvalue weighted by Crippen LogP contribution is -2.42. The molecule has 0 bridgehead atoms. The van der Waals surface area contributed by atoms with Gasteiger partial charge in [-0.25, -0.2) is 9.18 Å². The number of benzene rings is 1. The van der Waals surface area contributed by atoms with Crippen molar-refractivity contribution < 1.29 is 9.18 Å². The summed E-state index contributed by atoms with van der Waals surface area (Å²) in [6, 6.07) is 10.6. The zero-order valence-corrected chi connectivity index (χ0v) is 13.5. The lowest BCUT2D eigenvalue weighted by atomic mass is 10.0. The van der Waals surface area contributed by atoms with Crippen molar-refractivity contribution in [1.29, 1.82) is 0 Å². The third-order valence-electron chi connectivity index (χ3n) is 5.10. The number of halogens is 1. The average Bonchev–Trinajstić information content (AvgIpc) is 3.09. The summed E-state index contributed by atoms with van der Waals surface area (Å²) in [7, 11) is 0. The Kier molecular flexibility index (Phi) is 4.00. The molecule has 2 atom stereocenters. The van der Waals surface area contributed by atoms with Crippen LogP contribution >= 0.6 is 0 Å². The summed E-state index contributed by atoms with van der Waals surface area (Å²) in [5.74, 6) is 0.219. The molecule has 1 saturated carbocycles. The molecule has 2 aliphatic rings. The van der Waals surface area contributed by atoms with Crippen molar-refractivity contribution in [3.05, 3.63) is 59.7 Å². The maximum Gasteiger partial charge on any atom is 0.318 e. The minimum atomic E-state index is -0.244. The fraction of sp³-hybridized carbons (Fsp3) is 0.421. The number of H-pyrrole nitrogens is 1. The zero-order valence-electron chi connectivity index (χ0n) is 13.5. The molecule has 4 nitrogen and oxygen atoms in total. The molecule has 2 aromatic rings. The molecular formula is C19H22FN3O. The second-order valence-electron chi connectivity index (χ2n) is 6.79. The molecule has 2 heterocycles. The summed E-state index contributed by atoms with van der Waals surface area (Å²) in [6.45, 7) is 0.774. The Bertz CT molecular complexity index is 694. The zero-order chi connectivity index (χ0) is 16.5. The molecule has 0 spiro atoms. The third kappa shape index (κ3) is 3.03. The van der Waals surface area contributed by atoms with Crippen molar-refractivity contribution >= 4 is 6.03 Å². The minimum absolute atomic E-state index is 0.0201. The number of hydrogen-bond acceptors (Lipinski definition) is 1. The Balaban J connectivity index is 1.50. The predicted molar refractivity (Wildman–Crippen MR) is 89.9 cm³/mol. The summed E-state index contributed by atoms with van der Waals surface area (Å²) in [4.78, 5) is 18.0. The van der Waals surface area contributed by atoms with Gasteiger partial charge in [-0.05, 0) is 61.4 Å². The highest BCUT2D eigenvalue weighted by Crippen LogP contribution is 2.41. The van der Waals surface area contributed by atoms with Crippen LogP contribution in [0.5, 0.6) is 0 Å². The summed E-state index contributed by atoms with van der Waals surface area (Å²) in [5, 5.41) is 3.20. The van der Waals surface area contributed by atoms with Crippen LogP contribution in [0.15, 0.2) is 42.6 Å². The maximum atomic E-state index is 13.2. The number of aromatic amines is 1. The lowest BCUT2D eigenvalue weighted by molar-refractivity contribution is 0.186. The van der Waals surface area contributed by atoms with Crippen LogP contribution in [0.3, 0.4) is 0 Å². The number of amides is 2. The molecule has 24 heavy (non-hydrogen) atoms. The van der Waals surface area contributed by atoms with Gasteiger partial charge in [-0.15, -0.1) is 0 Å². The predicted octanol–water partition coefficient (Wildman–Crippen LogP) is 4.15. The van der Waals surface area contributed by atoms with Crippen molar-refractivity contribution in [3.63, 3.8) is 0 Å². The first-order chi connectivity index (χ1) is 11.7. The van der Waals surface area contributed by atoms with Gasteiger partial charge in [-0.2, -0.15) is 0 Å². The van der Waals surface area contributed by atoms with Crippen molar-refractivity contribution in [2.75, 3.05) is 6.54 Å². The molecule has 2 fully saturated rings. The van der Waals surface area contributed by atoms with Crippen molar-refractivity contribution in [2.45, 2.75) is 37.8 Å². The molecule has 5 heteroatoms. The number of nitrogens with zero attached hydrogens (tertiary/aromatic N) is 1. The van der Waals surface area contributed by atoms with E-state index in [-0.39, 0.29) is 23.9 Å². The standard InChI is InChI=1S/C19H22FN3O/c20-15-9-7-14(8-10-15)18(13-5-6-13)22-19(24)23-12-2-4-17(23)16-3-1-11-21-16/h1,3,7-11,13,17-18,21H,2,4-6,12H2,(H,22,24). The Morgan fingerprint density at radius 2 is 2.00 bits per heavy atom. The highest BCUT2D eigenvalue weighted by Gasteiger charge is 2.37. The van der Waals surface area contributed by atoms with Crippen molar-refractivity contribution in [3.8, 4) is 0 Å². The van der Waals surface area contributed by atoms with Crippen molar-refractivity contribution in [2.24, 2.45) is 5.92 Å². The van der Waals surface area contributed by atoms with Crippen LogP contribution in [0.2, 0.25) is 0 Å². The van der Waals surface area contributed by atoms with Crippen LogP contribution in [-0.2, 0) is 0 Å². The molecule has 2 N–H and O–H groups in total. The van der Waals surface area contributed by atoms with Gasteiger partial charge in [0.15, 0.2) is 0 Å². The molecule has 1 aliphatic heterocycles. The van der Waals surface area contributed by atoms with Gasteiger partial charge in [0.2, 0.25) is 0 Å². The average molecular weight is 327 g/mol. The normalized spacial score (nSPS) is 21.7. The summed E-state index contributed by atoms with van der Waals surface area (Å²) in [5.41, 5.74) is 2.08. The van der Waals surface area contributed by atoms with E-state index in [1.807, 2.05) is 23.2 Å². The molecule has 1 saturated heterocycles. The van der Waals surface area contributed by atoms with Gasteiger partial charge in [-0.1, -0.05) is 12.1 Å². The second kappa shape index (κ2) is 6.30. The molecule has 1 aromatic carbocycles. The summed E-state index contributed by atoms with van der Waals surface area (Å²) in [6.07, 6.45) is 6.13. The van der Waals surface area contributed by atoms with Crippen molar-refractivity contribution in [1.82, 2.24) is 15.2 Å². The molecule has 2 unspecified atom stereocenters. The Hall–Kier alpha value is -2.30. The van der Waals surface area contributed by atoms with Gasteiger partial charge in [0, 0.05) is 18.4 Å². The van der Waals surface area contributed by atoms with Crippen LogP contribution in [-0.4, -0.2) is 22.5 Å². The number of aromatic nitrogens is 1. The largest absolute Gasteiger partial charge is 0.363 e. The molecule has 1 aliphatic carbocycles. The van der Waals surface area contributed by atoms with E-state index >= 15 is 0 Å². The van der Waals surface area contributed by atoms with E-state index < -0.39 is 0 Å². The monoisotopic (exact) mass is 327 g/mol. The number of urea groups is 1. The first-order valence-electron chi connectivity index (χ1n) is 8.68. The number of likely N-dealkylation sites (tertiary alicyclic amines) is 1. The van der Waals surface area contributed by atoms with E-state index in [0.29, 0.717) is 5.92 Å². The number of nitrogens with one attached hydrogen (secondary N) is 2. The Morgan fingerprint density at radius 3 is 2.67 bits per heavy atom. The van der Waals surface area contributed by atoms with Gasteiger partial charge >= 0.3 is 6.03 Å². The molecule has 126 valence electrons. The smallest absolute Gasteiger partial charge is 0.318 e. The van der Waals surface area contributed by atoms with Gasteiger partial charge in [-0.3, -0.25) is 0 Å². The SMILES string of the molecule is O=C(NC(c1ccc(F)cc1)C1CC1)N1CCCC1c1ccc[nH]1. The quantitative estimate of drug-likeness (QED) is 0.870. The van der Waals surface area contributed by atoms with Crippen LogP contribution in [0.1, 0.15) is 49.0 Å². The van der Waals surface area contributed by atoms with E-state index in [4.69, 9.17) is 0 Å². The molecule has 2 amide bonds. The van der Waals surface area contributed by atoms with E-state index in [1.54, 1.807) is 12.1 Å². The number of carbonyl (C=O) groups is 1.